The molecule has 2 heteroatoms. The molecular formula is C8H13NO. The zero-order chi connectivity index (χ0) is 8.15. The van der Waals surface area contributed by atoms with E-state index in [1.54, 1.807) is 6.92 Å². The van der Waals surface area contributed by atoms with Gasteiger partial charge in [0.05, 0.1) is 0 Å². The molecule has 0 unspecified atom stereocenters. The molecule has 0 fully saturated rings. The quantitative estimate of drug-likeness (QED) is 0.578. The lowest BCUT2D eigenvalue weighted by molar-refractivity contribution is -0.116. The van der Waals surface area contributed by atoms with Crippen LogP contribution in [0.15, 0.2) is 23.9 Å². The third kappa shape index (κ3) is 3.07. The van der Waals surface area contributed by atoms with Gasteiger partial charge in [-0.05, 0) is 20.8 Å². The molecule has 0 atom stereocenters. The van der Waals surface area contributed by atoms with E-state index in [2.05, 4.69) is 11.9 Å². The van der Waals surface area contributed by atoms with Crippen LogP contribution in [0.25, 0.3) is 0 Å². The van der Waals surface area contributed by atoms with Crippen LogP contribution in [0.5, 0.6) is 0 Å². The Labute approximate surface area is 61.6 Å². The van der Waals surface area contributed by atoms with Gasteiger partial charge in [-0.25, -0.2) is 0 Å². The summed E-state index contributed by atoms with van der Waals surface area (Å²) < 4.78 is 0. The monoisotopic (exact) mass is 139 g/mol. The maximum atomic E-state index is 10.9. The number of carbonyl (C=O) groups is 1. The van der Waals surface area contributed by atoms with Gasteiger partial charge in [0, 0.05) is 11.3 Å². The minimum Gasteiger partial charge on any atom is -0.327 e. The van der Waals surface area contributed by atoms with Crippen molar-refractivity contribution in [1.82, 2.24) is 5.32 Å². The summed E-state index contributed by atoms with van der Waals surface area (Å²) in [4.78, 5) is 10.9. The highest BCUT2D eigenvalue weighted by molar-refractivity contribution is 5.93. The van der Waals surface area contributed by atoms with E-state index in [0.29, 0.717) is 5.57 Å². The van der Waals surface area contributed by atoms with Crippen LogP contribution in [0.3, 0.4) is 0 Å². The van der Waals surface area contributed by atoms with E-state index >= 15 is 0 Å². The molecule has 0 saturated carbocycles. The molecule has 0 rings (SSSR count). The number of allylic oxidation sites excluding steroid dienone is 2. The van der Waals surface area contributed by atoms with Crippen molar-refractivity contribution in [1.29, 1.82) is 0 Å². The lowest BCUT2D eigenvalue weighted by Gasteiger charge is -2.02. The van der Waals surface area contributed by atoms with Crippen molar-refractivity contribution in [3.63, 3.8) is 0 Å². The van der Waals surface area contributed by atoms with E-state index < -0.39 is 0 Å². The van der Waals surface area contributed by atoms with Crippen LogP contribution in [0.4, 0.5) is 0 Å². The minimum atomic E-state index is -0.115. The normalized spacial score (nSPS) is 10.9. The van der Waals surface area contributed by atoms with Crippen molar-refractivity contribution in [3.05, 3.63) is 23.9 Å². The highest BCUT2D eigenvalue weighted by Gasteiger charge is 1.98. The Morgan fingerprint density at radius 2 is 2.00 bits per heavy atom. The maximum absolute atomic E-state index is 10.9. The first-order valence-electron chi connectivity index (χ1n) is 3.17. The van der Waals surface area contributed by atoms with E-state index in [0.717, 1.165) is 5.70 Å². The maximum Gasteiger partial charge on any atom is 0.250 e. The van der Waals surface area contributed by atoms with Gasteiger partial charge in [0.1, 0.15) is 0 Å². The molecule has 0 aliphatic carbocycles. The average molecular weight is 139 g/mol. The smallest absolute Gasteiger partial charge is 0.250 e. The van der Waals surface area contributed by atoms with Gasteiger partial charge in [-0.2, -0.15) is 0 Å². The Balaban J connectivity index is 3.93. The number of hydrogen-bond acceptors (Lipinski definition) is 1. The number of hydrogen-bond donors (Lipinski definition) is 1. The number of carbonyl (C=O) groups excluding carboxylic acids is 1. The summed E-state index contributed by atoms with van der Waals surface area (Å²) in [5, 5.41) is 2.65. The molecule has 56 valence electrons. The zero-order valence-electron chi connectivity index (χ0n) is 6.69. The Bertz CT molecular complexity index is 180. The predicted octanol–water partition coefficient (Wildman–Crippen LogP) is 1.60. The van der Waals surface area contributed by atoms with Crippen molar-refractivity contribution in [2.45, 2.75) is 20.8 Å². The van der Waals surface area contributed by atoms with E-state index in [1.807, 2.05) is 19.9 Å². The first kappa shape index (κ1) is 8.95. The van der Waals surface area contributed by atoms with Crippen molar-refractivity contribution in [3.8, 4) is 0 Å². The number of nitrogens with one attached hydrogen (secondary N) is 1. The van der Waals surface area contributed by atoms with Gasteiger partial charge < -0.3 is 5.32 Å². The van der Waals surface area contributed by atoms with Crippen LogP contribution in [-0.2, 0) is 4.79 Å². The second kappa shape index (κ2) is 3.88. The molecule has 10 heavy (non-hydrogen) atoms. The average Bonchev–Trinajstić information content (AvgIpc) is 1.87. The second-order valence-corrected chi connectivity index (χ2v) is 2.21. The summed E-state index contributed by atoms with van der Waals surface area (Å²) >= 11 is 0. The summed E-state index contributed by atoms with van der Waals surface area (Å²) in [6.45, 7) is 8.89. The SMILES string of the molecule is C=C(C)C(=O)N/C(C)=C/C. The fraction of sp³-hybridized carbons (Fsp3) is 0.375. The summed E-state index contributed by atoms with van der Waals surface area (Å²) in [5.74, 6) is -0.115. The molecule has 0 aliphatic heterocycles. The van der Waals surface area contributed by atoms with E-state index in [1.165, 1.54) is 0 Å². The molecule has 1 N–H and O–H groups in total. The molecule has 0 bridgehead atoms. The van der Waals surface area contributed by atoms with Gasteiger partial charge in [0.2, 0.25) is 5.91 Å². The summed E-state index contributed by atoms with van der Waals surface area (Å²) in [6, 6.07) is 0. The lowest BCUT2D eigenvalue weighted by atomic mass is 10.3. The fourth-order valence-corrected chi connectivity index (χ4v) is 0.358. The van der Waals surface area contributed by atoms with Crippen molar-refractivity contribution in [2.75, 3.05) is 0 Å². The zero-order valence-corrected chi connectivity index (χ0v) is 6.69. The molecule has 2 nitrogen and oxygen atoms in total. The van der Waals surface area contributed by atoms with Gasteiger partial charge in [-0.15, -0.1) is 0 Å². The topological polar surface area (TPSA) is 29.1 Å². The fourth-order valence-electron chi connectivity index (χ4n) is 0.358. The molecule has 0 radical (unpaired) electrons. The van der Waals surface area contributed by atoms with Crippen LogP contribution < -0.4 is 5.32 Å². The van der Waals surface area contributed by atoms with E-state index in [4.69, 9.17) is 0 Å². The van der Waals surface area contributed by atoms with Crippen LogP contribution >= 0.6 is 0 Å². The standard InChI is InChI=1S/C8H13NO/c1-5-7(4)9-8(10)6(2)3/h5H,2H2,1,3-4H3,(H,9,10)/b7-5+. The van der Waals surface area contributed by atoms with Gasteiger partial charge in [-0.1, -0.05) is 12.7 Å². The number of rotatable bonds is 2. The molecule has 0 aromatic rings. The first-order valence-corrected chi connectivity index (χ1v) is 3.17. The Morgan fingerprint density at radius 1 is 1.50 bits per heavy atom. The predicted molar refractivity (Wildman–Crippen MR) is 42.4 cm³/mol. The molecule has 0 aromatic carbocycles. The Morgan fingerprint density at radius 3 is 2.30 bits per heavy atom. The van der Waals surface area contributed by atoms with Crippen molar-refractivity contribution in [2.24, 2.45) is 0 Å². The summed E-state index contributed by atoms with van der Waals surface area (Å²) in [6.07, 6.45) is 1.83. The number of amides is 1. The third-order valence-electron chi connectivity index (χ3n) is 1.13. The molecule has 1 amide bonds. The van der Waals surface area contributed by atoms with Crippen molar-refractivity contribution >= 4 is 5.91 Å². The van der Waals surface area contributed by atoms with Crippen LogP contribution in [0.2, 0.25) is 0 Å². The molecule has 0 heterocycles. The van der Waals surface area contributed by atoms with Gasteiger partial charge >= 0.3 is 0 Å². The third-order valence-corrected chi connectivity index (χ3v) is 1.13. The lowest BCUT2D eigenvalue weighted by Crippen LogP contribution is -2.21. The Kier molecular flexibility index (Phi) is 3.47. The summed E-state index contributed by atoms with van der Waals surface area (Å²) in [7, 11) is 0. The van der Waals surface area contributed by atoms with Crippen LogP contribution in [-0.4, -0.2) is 5.91 Å². The minimum absolute atomic E-state index is 0.115. The molecule has 0 spiro atoms. The van der Waals surface area contributed by atoms with Crippen LogP contribution in [0.1, 0.15) is 20.8 Å². The summed E-state index contributed by atoms with van der Waals surface area (Å²) in [5.41, 5.74) is 1.38. The van der Waals surface area contributed by atoms with Gasteiger partial charge in [0.25, 0.3) is 0 Å². The second-order valence-electron chi connectivity index (χ2n) is 2.21. The highest BCUT2D eigenvalue weighted by atomic mass is 16.1. The van der Waals surface area contributed by atoms with E-state index in [9.17, 15) is 4.79 Å². The van der Waals surface area contributed by atoms with Gasteiger partial charge in [0.15, 0.2) is 0 Å². The van der Waals surface area contributed by atoms with Gasteiger partial charge in [-0.3, -0.25) is 4.79 Å². The molecule has 0 aromatic heterocycles. The Hall–Kier alpha value is -1.05. The van der Waals surface area contributed by atoms with Crippen LogP contribution in [0, 0.1) is 0 Å². The highest BCUT2D eigenvalue weighted by Crippen LogP contribution is 1.90. The van der Waals surface area contributed by atoms with E-state index in [-0.39, 0.29) is 5.91 Å². The molecule has 0 aliphatic rings. The molecule has 0 saturated heterocycles. The largest absolute Gasteiger partial charge is 0.327 e. The molecular weight excluding hydrogens is 126 g/mol. The van der Waals surface area contributed by atoms with Crippen molar-refractivity contribution < 1.29 is 4.79 Å². The first-order chi connectivity index (χ1) is 4.57.